The van der Waals surface area contributed by atoms with Crippen LogP contribution in [0, 0.1) is 5.82 Å². The number of piperazine rings is 1. The zero-order valence-electron chi connectivity index (χ0n) is 17.1. The van der Waals surface area contributed by atoms with Crippen molar-refractivity contribution in [3.05, 3.63) is 65.5 Å². The molecule has 0 bridgehead atoms. The maximum absolute atomic E-state index is 13.5. The van der Waals surface area contributed by atoms with Crippen molar-refractivity contribution in [3.8, 4) is 0 Å². The van der Waals surface area contributed by atoms with Crippen molar-refractivity contribution < 1.29 is 22.4 Å². The average molecular weight is 486 g/mol. The zero-order valence-corrected chi connectivity index (χ0v) is 18.0. The first kappa shape index (κ1) is 24.4. The van der Waals surface area contributed by atoms with E-state index < -0.39 is 23.5 Å². The Balaban J connectivity index is 0.00000306. The van der Waals surface area contributed by atoms with E-state index >= 15 is 0 Å². The molecule has 0 atom stereocenters. The Morgan fingerprint density at radius 1 is 1.09 bits per heavy atom. The van der Waals surface area contributed by atoms with Crippen LogP contribution in [0.5, 0.6) is 0 Å². The molecule has 4 rings (SSSR count). The highest BCUT2D eigenvalue weighted by atomic mass is 35.5. The second kappa shape index (κ2) is 10.1. The molecule has 2 aromatic heterocycles. The normalized spacial score (nSPS) is 14.6. The van der Waals surface area contributed by atoms with Gasteiger partial charge in [-0.1, -0.05) is 0 Å². The number of benzene rings is 1. The van der Waals surface area contributed by atoms with E-state index in [-0.39, 0.29) is 18.0 Å². The zero-order chi connectivity index (χ0) is 22.7. The van der Waals surface area contributed by atoms with Crippen molar-refractivity contribution in [2.75, 3.05) is 31.5 Å². The number of rotatable bonds is 5. The topological polar surface area (TPSA) is 90.0 Å². The minimum Gasteiger partial charge on any atom is -0.336 e. The van der Waals surface area contributed by atoms with Crippen LogP contribution in [0.2, 0.25) is 0 Å². The Morgan fingerprint density at radius 2 is 1.85 bits per heavy atom. The number of aromatic amines is 1. The van der Waals surface area contributed by atoms with Gasteiger partial charge in [0, 0.05) is 56.7 Å². The summed E-state index contributed by atoms with van der Waals surface area (Å²) in [5.74, 6) is -0.803. The average Bonchev–Trinajstić information content (AvgIpc) is 3.27. The smallest absolute Gasteiger partial charge is 0.336 e. The number of nitrogens with one attached hydrogen (secondary N) is 2. The summed E-state index contributed by atoms with van der Waals surface area (Å²) in [5, 5.41) is 9.71. The molecule has 1 aliphatic rings. The fourth-order valence-corrected chi connectivity index (χ4v) is 3.40. The maximum Gasteiger partial charge on any atom is 0.419 e. The van der Waals surface area contributed by atoms with Crippen molar-refractivity contribution in [1.29, 1.82) is 0 Å². The Labute approximate surface area is 192 Å². The molecule has 1 aliphatic heterocycles. The minimum atomic E-state index is -4.86. The van der Waals surface area contributed by atoms with Crippen LogP contribution in [0.25, 0.3) is 0 Å². The fraction of sp³-hybridized carbons (Fsp3) is 0.300. The van der Waals surface area contributed by atoms with E-state index in [1.165, 1.54) is 4.90 Å². The number of halogens is 5. The number of carbonyl (C=O) groups excluding carboxylic acids is 1. The van der Waals surface area contributed by atoms with E-state index in [4.69, 9.17) is 0 Å². The molecular formula is C20H20ClF4N7O. The second-order valence-electron chi connectivity index (χ2n) is 7.24. The molecule has 33 heavy (non-hydrogen) atoms. The van der Waals surface area contributed by atoms with Crippen molar-refractivity contribution in [3.63, 3.8) is 0 Å². The summed E-state index contributed by atoms with van der Waals surface area (Å²) < 4.78 is 52.3. The quantitative estimate of drug-likeness (QED) is 0.538. The first-order valence-corrected chi connectivity index (χ1v) is 9.76. The van der Waals surface area contributed by atoms with Gasteiger partial charge >= 0.3 is 6.18 Å². The van der Waals surface area contributed by atoms with Gasteiger partial charge < -0.3 is 10.2 Å². The van der Waals surface area contributed by atoms with Crippen LogP contribution in [0.3, 0.4) is 0 Å². The Kier molecular flexibility index (Phi) is 7.49. The van der Waals surface area contributed by atoms with E-state index in [1.54, 1.807) is 24.7 Å². The van der Waals surface area contributed by atoms with Crippen LogP contribution in [-0.4, -0.2) is 62.1 Å². The highest BCUT2D eigenvalue weighted by Crippen LogP contribution is 2.32. The van der Waals surface area contributed by atoms with Gasteiger partial charge in [-0.3, -0.25) is 19.8 Å². The van der Waals surface area contributed by atoms with E-state index in [0.29, 0.717) is 56.5 Å². The molecule has 8 nitrogen and oxygen atoms in total. The van der Waals surface area contributed by atoms with Gasteiger partial charge in [0.05, 0.1) is 17.5 Å². The predicted molar refractivity (Wildman–Crippen MR) is 114 cm³/mol. The summed E-state index contributed by atoms with van der Waals surface area (Å²) in [4.78, 5) is 24.8. The molecule has 176 valence electrons. The molecule has 0 unspecified atom stereocenters. The molecule has 3 aromatic rings. The summed E-state index contributed by atoms with van der Waals surface area (Å²) in [5.41, 5.74) is -0.905. The summed E-state index contributed by atoms with van der Waals surface area (Å²) in [7, 11) is 0. The number of H-pyrrole nitrogens is 1. The summed E-state index contributed by atoms with van der Waals surface area (Å²) in [6.07, 6.45) is 0.0358. The van der Waals surface area contributed by atoms with Gasteiger partial charge in [-0.05, 0) is 18.2 Å². The van der Waals surface area contributed by atoms with E-state index in [1.807, 2.05) is 0 Å². The molecule has 1 saturated heterocycles. The number of hydrogen-bond donors (Lipinski definition) is 2. The third-order valence-electron chi connectivity index (χ3n) is 5.01. The minimum absolute atomic E-state index is 0. The van der Waals surface area contributed by atoms with Crippen LogP contribution >= 0.6 is 12.4 Å². The lowest BCUT2D eigenvalue weighted by Gasteiger charge is -2.34. The fourth-order valence-electron chi connectivity index (χ4n) is 3.40. The lowest BCUT2D eigenvalue weighted by Crippen LogP contribution is -2.48. The molecule has 13 heteroatoms. The van der Waals surface area contributed by atoms with Crippen LogP contribution in [-0.2, 0) is 12.7 Å². The Hall–Kier alpha value is -3.25. The highest BCUT2D eigenvalue weighted by molar-refractivity contribution is 5.94. The SMILES string of the molecule is Cl.O=C(c1ccc(F)c(C(F)(F)F)c1)N1CCN(Cc2cncc(Nc3cc[nH]n3)n2)CC1. The number of aromatic nitrogens is 4. The number of nitrogens with zero attached hydrogens (tertiary/aromatic N) is 5. The van der Waals surface area contributed by atoms with Crippen LogP contribution in [0.1, 0.15) is 21.6 Å². The summed E-state index contributed by atoms with van der Waals surface area (Å²) in [6, 6.07) is 4.07. The van der Waals surface area contributed by atoms with Crippen molar-refractivity contribution >= 4 is 29.9 Å². The lowest BCUT2D eigenvalue weighted by molar-refractivity contribution is -0.140. The summed E-state index contributed by atoms with van der Waals surface area (Å²) in [6.45, 7) is 2.18. The van der Waals surface area contributed by atoms with Gasteiger partial charge in [0.1, 0.15) is 11.6 Å². The van der Waals surface area contributed by atoms with Crippen molar-refractivity contribution in [1.82, 2.24) is 30.0 Å². The Morgan fingerprint density at radius 3 is 2.52 bits per heavy atom. The first-order valence-electron chi connectivity index (χ1n) is 9.76. The second-order valence-corrected chi connectivity index (χ2v) is 7.24. The predicted octanol–water partition coefficient (Wildman–Crippen LogP) is 3.48. The molecule has 1 amide bonds. The largest absolute Gasteiger partial charge is 0.419 e. The molecule has 3 heterocycles. The van der Waals surface area contributed by atoms with Gasteiger partial charge in [0.25, 0.3) is 5.91 Å². The maximum atomic E-state index is 13.5. The van der Waals surface area contributed by atoms with Gasteiger partial charge in [-0.2, -0.15) is 18.3 Å². The van der Waals surface area contributed by atoms with Crippen molar-refractivity contribution in [2.24, 2.45) is 0 Å². The molecule has 0 aliphatic carbocycles. The molecule has 1 fully saturated rings. The van der Waals surface area contributed by atoms with Crippen LogP contribution < -0.4 is 5.32 Å². The van der Waals surface area contributed by atoms with E-state index in [0.717, 1.165) is 11.8 Å². The third-order valence-corrected chi connectivity index (χ3v) is 5.01. The molecular weight excluding hydrogens is 466 g/mol. The Bertz CT molecular complexity index is 1090. The molecule has 0 spiro atoms. The number of amides is 1. The molecule has 0 radical (unpaired) electrons. The van der Waals surface area contributed by atoms with Crippen LogP contribution in [0.4, 0.5) is 29.2 Å². The van der Waals surface area contributed by atoms with E-state index in [9.17, 15) is 22.4 Å². The van der Waals surface area contributed by atoms with Gasteiger partial charge in [0.15, 0.2) is 5.82 Å². The molecule has 2 N–H and O–H groups in total. The summed E-state index contributed by atoms with van der Waals surface area (Å²) >= 11 is 0. The molecule has 0 saturated carbocycles. The number of alkyl halides is 3. The number of hydrogen-bond acceptors (Lipinski definition) is 6. The van der Waals surface area contributed by atoms with Crippen LogP contribution in [0.15, 0.2) is 42.9 Å². The van der Waals surface area contributed by atoms with Gasteiger partial charge in [-0.15, -0.1) is 12.4 Å². The van der Waals surface area contributed by atoms with Gasteiger partial charge in [0.2, 0.25) is 0 Å². The molecule has 1 aromatic carbocycles. The third kappa shape index (κ3) is 5.96. The highest BCUT2D eigenvalue weighted by Gasteiger charge is 2.35. The van der Waals surface area contributed by atoms with Crippen molar-refractivity contribution in [2.45, 2.75) is 12.7 Å². The number of carbonyl (C=O) groups is 1. The lowest BCUT2D eigenvalue weighted by atomic mass is 10.1. The van der Waals surface area contributed by atoms with E-state index in [2.05, 4.69) is 30.4 Å². The van der Waals surface area contributed by atoms with Gasteiger partial charge in [-0.25, -0.2) is 9.37 Å². The monoisotopic (exact) mass is 485 g/mol. The standard InChI is InChI=1S/C20H19F4N7O.ClH/c21-16-2-1-13(9-15(16)20(22,23)24)19(32)31-7-5-30(6-8-31)12-14-10-25-11-18(27-14)28-17-3-4-26-29-17;/h1-4,9-11H,5-8,12H2,(H2,26,27,28,29);1H. The number of anilines is 2. The first-order chi connectivity index (χ1) is 15.3.